The summed E-state index contributed by atoms with van der Waals surface area (Å²) in [6.45, 7) is 14.9. The predicted molar refractivity (Wildman–Crippen MR) is 369 cm³/mol. The summed E-state index contributed by atoms with van der Waals surface area (Å²) in [6.07, 6.45) is -25.3. The van der Waals surface area contributed by atoms with E-state index < -0.39 is 140 Å². The minimum Gasteiger partial charge on any atom is -0.399 e. The van der Waals surface area contributed by atoms with Crippen LogP contribution in [-0.4, -0.2) is 349 Å². The summed E-state index contributed by atoms with van der Waals surface area (Å²) in [5.74, 6) is 0. The second-order valence-corrected chi connectivity index (χ2v) is 21.6. The highest BCUT2D eigenvalue weighted by Gasteiger charge is 2.59. The van der Waals surface area contributed by atoms with Crippen molar-refractivity contribution in [2.24, 2.45) is 0 Å². The number of benzene rings is 1. The van der Waals surface area contributed by atoms with Gasteiger partial charge in [-0.3, -0.25) is 4.98 Å². The predicted octanol–water partition coefficient (Wildman–Crippen LogP) is -13.2. The van der Waals surface area contributed by atoms with Crippen molar-refractivity contribution in [3.63, 3.8) is 0 Å². The third-order valence-electron chi connectivity index (χ3n) is 14.7. The fourth-order valence-corrected chi connectivity index (χ4v) is 10.5. The van der Waals surface area contributed by atoms with E-state index in [0.717, 1.165) is 16.7 Å². The molecule has 0 N–H and O–H groups in total. The summed E-state index contributed by atoms with van der Waals surface area (Å²) in [5, 5.41) is 0. The van der Waals surface area contributed by atoms with Gasteiger partial charge in [0.2, 0.25) is 0 Å². The molecule has 0 aliphatic carbocycles. The Bertz CT molecular complexity index is 1630. The standard InChI is InChI=1S/C21H28BNO2.B46/c1-19(2,3)16-12-13-23-18(14-16)15-8-10-17(11-9-15)22-24-20(4,5)21(6,7)25-22;1-25(2)37(26(3)4)43(38(27(5)6)28(7)8)46(44(39(29(9)10)30(11)12)40(31(13)14)32(15)16)45(41(33(17)18)34(19)20)42(35(21)22)36(23)24/h8-14H,1-7H3;. The van der Waals surface area contributed by atoms with Crippen LogP contribution in [0.1, 0.15) is 54.0 Å². The van der Waals surface area contributed by atoms with E-state index in [1.54, 1.807) is 0 Å². The molecule has 0 bridgehead atoms. The minimum atomic E-state index is -1.30. The summed E-state index contributed by atoms with van der Waals surface area (Å²) >= 11 is 0. The van der Waals surface area contributed by atoms with E-state index in [2.05, 4.69) is 89.8 Å². The lowest BCUT2D eigenvalue weighted by molar-refractivity contribution is 0.00578. The number of pyridine rings is 1. The topological polar surface area (TPSA) is 31.4 Å². The molecule has 2 aromatic rings. The van der Waals surface area contributed by atoms with Crippen LogP contribution in [0.5, 0.6) is 0 Å². The third-order valence-corrected chi connectivity index (χ3v) is 14.7. The molecule has 0 amide bonds. The fourth-order valence-electron chi connectivity index (χ4n) is 10.5. The fraction of sp³-hybridized carbons (Fsp3) is 0.476. The zero-order valence-electron chi connectivity index (χ0n) is 42.9. The van der Waals surface area contributed by atoms with E-state index in [0.29, 0.717) is 0 Å². The van der Waals surface area contributed by atoms with Crippen LogP contribution >= 0.6 is 0 Å². The summed E-state index contributed by atoms with van der Waals surface area (Å²) < 4.78 is 12.2. The van der Waals surface area contributed by atoms with E-state index in [-0.39, 0.29) is 23.7 Å². The molecule has 0 saturated carbocycles. The molecule has 2 heterocycles. The second kappa shape index (κ2) is 29.0. The Labute approximate surface area is 473 Å². The second-order valence-electron chi connectivity index (χ2n) is 21.6. The van der Waals surface area contributed by atoms with Crippen LogP contribution in [0.25, 0.3) is 11.3 Å². The van der Waals surface area contributed by atoms with Crippen LogP contribution in [0.3, 0.4) is 0 Å². The van der Waals surface area contributed by atoms with Gasteiger partial charge in [0, 0.05) is 338 Å². The van der Waals surface area contributed by atoms with E-state index in [4.69, 9.17) is 195 Å². The van der Waals surface area contributed by atoms with Gasteiger partial charge in [-0.1, -0.05) is 45.0 Å². The first-order chi connectivity index (χ1) is 32.4. The Kier molecular flexibility index (Phi) is 28.0. The van der Waals surface area contributed by atoms with E-state index >= 15 is 0 Å². The zero-order chi connectivity index (χ0) is 55.2. The number of rotatable bonds is 23. The van der Waals surface area contributed by atoms with Crippen LogP contribution in [-0.2, 0) is 14.7 Å². The SMILES string of the molecule is CC(C)(C)c1ccnc(-c2ccc(B3OC(C)(C)C(C)(C)O3)cc2)c1.[B]B([B])B(B([B])[B])B(B(B([B])[B])B([B])[B])B(B(B(B([B])[B])B([B])[B])B(B([B])[B])B([B])[B])B(B(B([B])[B])B([B])[B])B(B([B])[B])B([B])[B]. The van der Waals surface area contributed by atoms with Crippen LogP contribution in [0.15, 0.2) is 42.6 Å². The molecular formula is C21H28B47NO2. The first kappa shape index (κ1) is 68.5. The summed E-state index contributed by atoms with van der Waals surface area (Å²) in [4.78, 5) is 4.53. The molecule has 3 rings (SSSR count). The van der Waals surface area contributed by atoms with Crippen molar-refractivity contribution in [3.05, 3.63) is 48.2 Å². The average molecular weight is 835 g/mol. The molecule has 0 spiro atoms. The van der Waals surface area contributed by atoms with Crippen molar-refractivity contribution in [2.45, 2.75) is 65.1 Å². The molecule has 71 heavy (non-hydrogen) atoms. The van der Waals surface area contributed by atoms with Crippen molar-refractivity contribution in [1.29, 1.82) is 0 Å². The number of hydrogen-bond acceptors (Lipinski definition) is 3. The normalized spacial score (nSPS) is 13.0. The minimum absolute atomic E-state index is 0.111. The smallest absolute Gasteiger partial charge is 0.399 e. The molecule has 270 valence electrons. The Balaban J connectivity index is 0.000000573. The van der Waals surface area contributed by atoms with Gasteiger partial charge in [-0.15, -0.1) is 0 Å². The monoisotopic (exact) mass is 844 g/mol. The Hall–Kier alpha value is 1.34. The van der Waals surface area contributed by atoms with Gasteiger partial charge < -0.3 is 9.31 Å². The number of aromatic nitrogens is 1. The van der Waals surface area contributed by atoms with Crippen molar-refractivity contribution in [1.82, 2.24) is 4.98 Å². The van der Waals surface area contributed by atoms with Gasteiger partial charge in [0.15, 0.2) is 0 Å². The first-order valence-electron chi connectivity index (χ1n) is 23.9. The number of nitrogens with zero attached hydrogens (tertiary/aromatic N) is 1. The van der Waals surface area contributed by atoms with Gasteiger partial charge in [-0.25, -0.2) is 0 Å². The molecule has 1 aromatic carbocycles. The maximum Gasteiger partial charge on any atom is 0.494 e. The molecule has 1 fully saturated rings. The Morgan fingerprint density at radius 3 is 0.845 bits per heavy atom. The van der Waals surface area contributed by atoms with Gasteiger partial charge in [0.25, 0.3) is 0 Å². The molecule has 1 aliphatic rings. The average Bonchev–Trinajstić information content (AvgIpc) is 3.41. The van der Waals surface area contributed by atoms with Crippen molar-refractivity contribution in [3.8, 4) is 11.3 Å². The summed E-state index contributed by atoms with van der Waals surface area (Å²) in [6, 6.07) is 12.6. The molecule has 50 heteroatoms. The lowest BCUT2D eigenvalue weighted by Gasteiger charge is -2.56. The maximum atomic E-state index is 6.36. The van der Waals surface area contributed by atoms with Crippen molar-refractivity contribution in [2.75, 3.05) is 0 Å². The highest BCUT2D eigenvalue weighted by molar-refractivity contribution is 8.34. The summed E-state index contributed by atoms with van der Waals surface area (Å²) in [7, 11) is 152. The largest absolute Gasteiger partial charge is 0.494 e. The maximum absolute atomic E-state index is 6.36. The van der Waals surface area contributed by atoms with Crippen LogP contribution in [0, 0.1) is 0 Å². The van der Waals surface area contributed by atoms with E-state index in [1.807, 2.05) is 6.20 Å². The summed E-state index contributed by atoms with van der Waals surface area (Å²) in [5.41, 5.74) is 3.89. The van der Waals surface area contributed by atoms with Gasteiger partial charge in [-0.2, -0.15) is 0 Å². The molecule has 0 unspecified atom stereocenters. The van der Waals surface area contributed by atoms with Gasteiger partial charge in [0.05, 0.1) is 16.9 Å². The highest BCUT2D eigenvalue weighted by atomic mass is 16.7. The molecule has 3 nitrogen and oxygen atoms in total. The van der Waals surface area contributed by atoms with E-state index in [1.165, 1.54) is 5.56 Å². The lowest BCUT2D eigenvalue weighted by atomic mass is 8.25. The molecule has 1 saturated heterocycles. The quantitative estimate of drug-likeness (QED) is 0.105. The Morgan fingerprint density at radius 1 is 0.380 bits per heavy atom. The van der Waals surface area contributed by atoms with Gasteiger partial charge >= 0.3 is 7.12 Å². The number of hydrogen-bond donors (Lipinski definition) is 0. The van der Waals surface area contributed by atoms with Gasteiger partial charge in [0.1, 0.15) is 0 Å². The molecule has 1 aromatic heterocycles. The van der Waals surface area contributed by atoms with Crippen LogP contribution < -0.4 is 5.46 Å². The zero-order valence-corrected chi connectivity index (χ0v) is 42.9. The van der Waals surface area contributed by atoms with E-state index in [9.17, 15) is 0 Å². The highest BCUT2D eigenvalue weighted by Crippen LogP contribution is 2.36. The third kappa shape index (κ3) is 17.9. The van der Waals surface area contributed by atoms with Crippen molar-refractivity contribution < 1.29 is 9.31 Å². The van der Waals surface area contributed by atoms with Crippen LogP contribution in [0.4, 0.5) is 0 Å². The molecule has 1 aliphatic heterocycles. The lowest BCUT2D eigenvalue weighted by Crippen LogP contribution is -2.94. The Morgan fingerprint density at radius 2 is 0.620 bits per heavy atom. The molecular weight excluding hydrogens is 806 g/mol. The molecule has 0 atom stereocenters. The first-order valence-corrected chi connectivity index (χ1v) is 23.9. The van der Waals surface area contributed by atoms with Crippen LogP contribution in [0.2, 0.25) is 0 Å². The van der Waals surface area contributed by atoms with Crippen molar-refractivity contribution >= 4 is 339 Å². The van der Waals surface area contributed by atoms with Gasteiger partial charge in [-0.05, 0) is 56.3 Å². The molecule has 48 radical (unpaired) electrons.